The summed E-state index contributed by atoms with van der Waals surface area (Å²) < 4.78 is 10.7. The van der Waals surface area contributed by atoms with E-state index in [1.54, 1.807) is 0 Å². The number of aliphatic hydroxyl groups excluding tert-OH is 1. The topological polar surface area (TPSA) is 72.8 Å². The van der Waals surface area contributed by atoms with Gasteiger partial charge in [0.25, 0.3) is 0 Å². The van der Waals surface area contributed by atoms with Gasteiger partial charge in [-0.3, -0.25) is 9.59 Å². The molecule has 1 N–H and O–H groups in total. The van der Waals surface area contributed by atoms with Gasteiger partial charge in [-0.05, 0) is 51.4 Å². The molecule has 5 heteroatoms. The van der Waals surface area contributed by atoms with Gasteiger partial charge in [-0.25, -0.2) is 0 Å². The van der Waals surface area contributed by atoms with Gasteiger partial charge in [0.15, 0.2) is 6.10 Å². The average molecular weight is 926 g/mol. The molecule has 1 atom stereocenters. The molecule has 0 rings (SSSR count). The normalized spacial score (nSPS) is 12.5. The molecular weight excluding hydrogens is 813 g/mol. The Morgan fingerprint density at radius 3 is 0.985 bits per heavy atom. The molecule has 0 amide bonds. The van der Waals surface area contributed by atoms with Crippen LogP contribution in [0.3, 0.4) is 0 Å². The van der Waals surface area contributed by atoms with Crippen molar-refractivity contribution in [2.45, 2.75) is 315 Å². The molecule has 0 aromatic heterocycles. The predicted octanol–water partition coefficient (Wildman–Crippen LogP) is 19.6. The van der Waals surface area contributed by atoms with Gasteiger partial charge in [0.2, 0.25) is 0 Å². The number of carbonyl (C=O) groups excluding carboxylic acids is 2. The van der Waals surface area contributed by atoms with Crippen molar-refractivity contribution in [2.75, 3.05) is 13.2 Å². The number of allylic oxidation sites excluding steroid dienone is 8. The minimum absolute atomic E-state index is 0.0591. The molecule has 0 fully saturated rings. The van der Waals surface area contributed by atoms with Crippen LogP contribution in [0.4, 0.5) is 0 Å². The maximum atomic E-state index is 12.3. The Morgan fingerprint density at radius 2 is 0.652 bits per heavy atom. The van der Waals surface area contributed by atoms with E-state index in [9.17, 15) is 14.7 Å². The summed E-state index contributed by atoms with van der Waals surface area (Å²) in [7, 11) is 0. The van der Waals surface area contributed by atoms with Gasteiger partial charge in [0.05, 0.1) is 6.61 Å². The smallest absolute Gasteiger partial charge is 0.306 e. The van der Waals surface area contributed by atoms with E-state index in [1.807, 2.05) is 0 Å². The lowest BCUT2D eigenvalue weighted by molar-refractivity contribution is -0.161. The van der Waals surface area contributed by atoms with E-state index < -0.39 is 6.10 Å². The largest absolute Gasteiger partial charge is 0.462 e. The summed E-state index contributed by atoms with van der Waals surface area (Å²) >= 11 is 0. The number of aliphatic hydroxyl groups is 1. The van der Waals surface area contributed by atoms with Gasteiger partial charge >= 0.3 is 11.9 Å². The minimum atomic E-state index is -0.766. The van der Waals surface area contributed by atoms with Gasteiger partial charge in [-0.1, -0.05) is 294 Å². The van der Waals surface area contributed by atoms with E-state index in [-0.39, 0.29) is 25.2 Å². The summed E-state index contributed by atoms with van der Waals surface area (Å²) in [5.74, 6) is -0.573. The molecule has 66 heavy (non-hydrogen) atoms. The van der Waals surface area contributed by atoms with E-state index in [0.29, 0.717) is 12.8 Å². The molecule has 1 unspecified atom stereocenters. The van der Waals surface area contributed by atoms with Crippen LogP contribution in [0, 0.1) is 0 Å². The molecule has 5 nitrogen and oxygen atoms in total. The molecule has 0 aromatic carbocycles. The molecule has 0 spiro atoms. The maximum absolute atomic E-state index is 12.3. The molecule has 0 aliphatic heterocycles. The average Bonchev–Trinajstić information content (AvgIpc) is 3.32. The van der Waals surface area contributed by atoms with Crippen LogP contribution < -0.4 is 0 Å². The van der Waals surface area contributed by atoms with Gasteiger partial charge in [0, 0.05) is 12.8 Å². The number of rotatable bonds is 54. The van der Waals surface area contributed by atoms with Crippen molar-refractivity contribution in [3.8, 4) is 0 Å². The van der Waals surface area contributed by atoms with Crippen molar-refractivity contribution < 1.29 is 24.2 Å². The lowest BCUT2D eigenvalue weighted by Gasteiger charge is -2.15. The Bertz CT molecular complexity index is 1090. The standard InChI is InChI=1S/C61H112O5/c1-3-5-7-9-11-13-15-17-18-19-20-21-22-23-24-25-26-27-28-29-30-31-32-33-34-35-36-37-38-39-40-41-42-44-46-48-50-52-54-56-61(64)66-59(57-62)58-65-60(63)55-53-51-49-47-45-43-16-14-12-10-8-6-4-2/h5,7,11,13,17-18,20-21,59,62H,3-4,6,8-10,12,14-16,19,22-58H2,1-2H3/b7-5-,13-11-,18-17-,21-20-. The van der Waals surface area contributed by atoms with Crippen LogP contribution in [0.1, 0.15) is 309 Å². The zero-order valence-electron chi connectivity index (χ0n) is 44.2. The van der Waals surface area contributed by atoms with Gasteiger partial charge in [-0.2, -0.15) is 0 Å². The Labute approximate surface area is 411 Å². The highest BCUT2D eigenvalue weighted by molar-refractivity contribution is 5.70. The van der Waals surface area contributed by atoms with Crippen molar-refractivity contribution in [3.63, 3.8) is 0 Å². The quantitative estimate of drug-likeness (QED) is 0.0374. The molecule has 0 heterocycles. The molecule has 0 saturated heterocycles. The fraction of sp³-hybridized carbons (Fsp3) is 0.836. The van der Waals surface area contributed by atoms with Crippen molar-refractivity contribution in [1.29, 1.82) is 0 Å². The second-order valence-corrected chi connectivity index (χ2v) is 19.7. The number of esters is 2. The minimum Gasteiger partial charge on any atom is -0.462 e. The number of hydrogen-bond donors (Lipinski definition) is 1. The summed E-state index contributed by atoms with van der Waals surface area (Å²) in [5, 5.41) is 9.62. The van der Waals surface area contributed by atoms with Crippen LogP contribution in [0.2, 0.25) is 0 Å². The van der Waals surface area contributed by atoms with Gasteiger partial charge in [0.1, 0.15) is 6.61 Å². The fourth-order valence-electron chi connectivity index (χ4n) is 8.79. The highest BCUT2D eigenvalue weighted by Gasteiger charge is 2.16. The Balaban J connectivity index is 3.36. The van der Waals surface area contributed by atoms with Crippen LogP contribution >= 0.6 is 0 Å². The van der Waals surface area contributed by atoms with E-state index in [0.717, 1.165) is 57.8 Å². The lowest BCUT2D eigenvalue weighted by atomic mass is 10.0. The molecule has 0 saturated carbocycles. The molecule has 0 bridgehead atoms. The summed E-state index contributed by atoms with van der Waals surface area (Å²) in [6.45, 7) is 4.06. The van der Waals surface area contributed by atoms with Crippen LogP contribution in [0.5, 0.6) is 0 Å². The second-order valence-electron chi connectivity index (χ2n) is 19.7. The highest BCUT2D eigenvalue weighted by Crippen LogP contribution is 2.18. The first-order chi connectivity index (χ1) is 32.6. The molecule has 0 radical (unpaired) electrons. The Morgan fingerprint density at radius 1 is 0.364 bits per heavy atom. The third kappa shape index (κ3) is 54.5. The monoisotopic (exact) mass is 925 g/mol. The molecule has 386 valence electrons. The highest BCUT2D eigenvalue weighted by atomic mass is 16.6. The predicted molar refractivity (Wildman–Crippen MR) is 288 cm³/mol. The van der Waals surface area contributed by atoms with Crippen LogP contribution in [-0.2, 0) is 19.1 Å². The van der Waals surface area contributed by atoms with Gasteiger partial charge < -0.3 is 14.6 Å². The number of unbranched alkanes of at least 4 members (excludes halogenated alkanes) is 38. The number of ether oxygens (including phenoxy) is 2. The van der Waals surface area contributed by atoms with E-state index in [4.69, 9.17) is 9.47 Å². The SMILES string of the molecule is CC/C=C\C/C=C\C/C=C\C/C=C\CCCCCCCCCCCCCCCCCCCCCCCCCCCCC(=O)OC(CO)COC(=O)CCCCCCCCCCCCCCC. The van der Waals surface area contributed by atoms with Crippen molar-refractivity contribution in [2.24, 2.45) is 0 Å². The zero-order valence-corrected chi connectivity index (χ0v) is 44.2. The van der Waals surface area contributed by atoms with Crippen molar-refractivity contribution >= 4 is 11.9 Å². The summed E-state index contributed by atoms with van der Waals surface area (Å²) in [6.07, 6.45) is 75.5. The van der Waals surface area contributed by atoms with E-state index in [1.165, 1.54) is 225 Å². The van der Waals surface area contributed by atoms with Crippen LogP contribution in [0.25, 0.3) is 0 Å². The molecular formula is C61H112O5. The maximum Gasteiger partial charge on any atom is 0.306 e. The van der Waals surface area contributed by atoms with Crippen molar-refractivity contribution in [3.05, 3.63) is 48.6 Å². The summed E-state index contributed by atoms with van der Waals surface area (Å²) in [5.41, 5.74) is 0. The number of hydrogen-bond acceptors (Lipinski definition) is 5. The third-order valence-electron chi connectivity index (χ3n) is 13.1. The summed E-state index contributed by atoms with van der Waals surface area (Å²) in [4.78, 5) is 24.4. The molecule has 0 aliphatic carbocycles. The van der Waals surface area contributed by atoms with Gasteiger partial charge in [-0.15, -0.1) is 0 Å². The first kappa shape index (κ1) is 63.9. The van der Waals surface area contributed by atoms with E-state index >= 15 is 0 Å². The fourth-order valence-corrected chi connectivity index (χ4v) is 8.79. The number of carbonyl (C=O) groups is 2. The lowest BCUT2D eigenvalue weighted by Crippen LogP contribution is -2.28. The van der Waals surface area contributed by atoms with Crippen molar-refractivity contribution in [1.82, 2.24) is 0 Å². The second kappa shape index (κ2) is 57.2. The van der Waals surface area contributed by atoms with Crippen LogP contribution in [0.15, 0.2) is 48.6 Å². The Hall–Kier alpha value is -2.14. The van der Waals surface area contributed by atoms with E-state index in [2.05, 4.69) is 62.5 Å². The molecule has 0 aromatic rings. The first-order valence-corrected chi connectivity index (χ1v) is 29.2. The zero-order chi connectivity index (χ0) is 47.7. The first-order valence-electron chi connectivity index (χ1n) is 29.2. The summed E-state index contributed by atoms with van der Waals surface area (Å²) in [6, 6.07) is 0. The Kier molecular flexibility index (Phi) is 55.3. The third-order valence-corrected chi connectivity index (χ3v) is 13.1. The van der Waals surface area contributed by atoms with Crippen LogP contribution in [-0.4, -0.2) is 36.4 Å². The molecule has 0 aliphatic rings.